The van der Waals surface area contributed by atoms with Crippen LogP contribution in [0.3, 0.4) is 0 Å². The average molecular weight is 361 g/mol. The van der Waals surface area contributed by atoms with Crippen LogP contribution in [0.5, 0.6) is 0 Å². The van der Waals surface area contributed by atoms with Gasteiger partial charge in [0.2, 0.25) is 10.0 Å². The van der Waals surface area contributed by atoms with Crippen molar-refractivity contribution in [3.05, 3.63) is 23.5 Å². The van der Waals surface area contributed by atoms with Gasteiger partial charge in [0.25, 0.3) is 0 Å². The van der Waals surface area contributed by atoms with Gasteiger partial charge in [0.1, 0.15) is 5.65 Å². The smallest absolute Gasteiger partial charge is 0.214 e. The minimum atomic E-state index is -3.16. The van der Waals surface area contributed by atoms with Gasteiger partial charge >= 0.3 is 0 Å². The molecule has 6 nitrogen and oxygen atoms in total. The van der Waals surface area contributed by atoms with Crippen LogP contribution in [0.1, 0.15) is 29.0 Å². The van der Waals surface area contributed by atoms with E-state index >= 15 is 0 Å². The zero-order valence-electron chi connectivity index (χ0n) is 13.0. The lowest BCUT2D eigenvalue weighted by Gasteiger charge is -2.33. The van der Waals surface area contributed by atoms with Crippen LogP contribution in [0, 0.1) is 0 Å². The van der Waals surface area contributed by atoms with Crippen molar-refractivity contribution in [3.63, 3.8) is 0 Å². The highest BCUT2D eigenvalue weighted by Gasteiger charge is 2.28. The van der Waals surface area contributed by atoms with Crippen LogP contribution in [0.4, 0.5) is 5.69 Å². The maximum absolute atomic E-state index is 12.3. The summed E-state index contributed by atoms with van der Waals surface area (Å²) in [7, 11) is -3.16. The fraction of sp³-hybridized carbons (Fsp3) is 0.533. The number of hydrogen-bond donors (Lipinski definition) is 2. The molecule has 3 rings (SSSR count). The second-order valence-corrected chi connectivity index (χ2v) is 8.37. The number of fused-ring (bicyclic) bond motifs is 1. The summed E-state index contributed by atoms with van der Waals surface area (Å²) in [5.74, 6) is 0.206. The van der Waals surface area contributed by atoms with Crippen LogP contribution in [0.2, 0.25) is 5.02 Å². The van der Waals surface area contributed by atoms with E-state index in [0.717, 1.165) is 29.6 Å². The van der Waals surface area contributed by atoms with E-state index in [4.69, 9.17) is 11.6 Å². The molecule has 1 saturated heterocycles. The van der Waals surface area contributed by atoms with Crippen molar-refractivity contribution in [2.24, 2.45) is 0 Å². The van der Waals surface area contributed by atoms with Gasteiger partial charge in [-0.05, 0) is 25.3 Å². The van der Waals surface area contributed by atoms with Gasteiger partial charge in [0.15, 0.2) is 0 Å². The van der Waals surface area contributed by atoms with E-state index in [2.05, 4.69) is 15.3 Å². The molecule has 1 atom stereocenters. The molecule has 8 heteroatoms. The Labute approximate surface area is 144 Å². The van der Waals surface area contributed by atoms with Gasteiger partial charge in [-0.25, -0.2) is 13.4 Å². The largest absolute Gasteiger partial charge is 0.379 e. The molecule has 1 unspecified atom stereocenters. The monoisotopic (exact) mass is 360 g/mol. The van der Waals surface area contributed by atoms with E-state index in [9.17, 15) is 8.42 Å². The predicted molar refractivity (Wildman–Crippen MR) is 97.6 cm³/mol. The summed E-state index contributed by atoms with van der Waals surface area (Å²) in [5.41, 5.74) is 1.58. The van der Waals surface area contributed by atoms with Gasteiger partial charge in [-0.2, -0.15) is 4.31 Å². The van der Waals surface area contributed by atoms with Crippen LogP contribution in [0.25, 0.3) is 11.0 Å². The highest BCUT2D eigenvalue weighted by molar-refractivity contribution is 7.89. The SMILES string of the molecule is CCCS(=O)(=O)N1CCCC(Nc2c(Cl)cnc3[nH]ccc23)C1.[HH].[HH]. The third kappa shape index (κ3) is 3.46. The molecule has 130 valence electrons. The Hall–Kier alpha value is -1.31. The molecular weight excluding hydrogens is 336 g/mol. The number of sulfonamides is 1. The van der Waals surface area contributed by atoms with Gasteiger partial charge in [0, 0.05) is 33.6 Å². The number of rotatable bonds is 5. The third-order valence-electron chi connectivity index (χ3n) is 4.13. The van der Waals surface area contributed by atoms with E-state index in [1.165, 1.54) is 0 Å². The third-order valence-corrected chi connectivity index (χ3v) is 6.46. The number of nitrogens with zero attached hydrogens (tertiary/aromatic N) is 2. The van der Waals surface area contributed by atoms with Crippen LogP contribution < -0.4 is 5.32 Å². The van der Waals surface area contributed by atoms with Crippen molar-refractivity contribution in [2.75, 3.05) is 24.2 Å². The summed E-state index contributed by atoms with van der Waals surface area (Å²) < 4.78 is 26.2. The van der Waals surface area contributed by atoms with Gasteiger partial charge < -0.3 is 10.3 Å². The lowest BCUT2D eigenvalue weighted by atomic mass is 10.1. The van der Waals surface area contributed by atoms with Gasteiger partial charge in [0.05, 0.1) is 22.7 Å². The Bertz CT molecular complexity index is 800. The number of halogens is 1. The molecule has 0 spiro atoms. The molecule has 1 aliphatic heterocycles. The van der Waals surface area contributed by atoms with Crippen LogP contribution in [-0.4, -0.2) is 47.6 Å². The normalized spacial score (nSPS) is 20.0. The highest BCUT2D eigenvalue weighted by atomic mass is 35.5. The molecule has 23 heavy (non-hydrogen) atoms. The molecule has 0 radical (unpaired) electrons. The van der Waals surface area contributed by atoms with Crippen LogP contribution in [-0.2, 0) is 10.0 Å². The number of pyridine rings is 1. The minimum Gasteiger partial charge on any atom is -0.379 e. The Morgan fingerprint density at radius 2 is 2.39 bits per heavy atom. The summed E-state index contributed by atoms with van der Waals surface area (Å²) in [6.07, 6.45) is 5.83. The fourth-order valence-corrected chi connectivity index (χ4v) is 4.83. The number of H-pyrrole nitrogens is 1. The second-order valence-electron chi connectivity index (χ2n) is 5.88. The lowest BCUT2D eigenvalue weighted by Crippen LogP contribution is -2.45. The van der Waals surface area contributed by atoms with E-state index in [1.807, 2.05) is 19.2 Å². The number of aromatic amines is 1. The first-order chi connectivity index (χ1) is 11.0. The first-order valence-corrected chi connectivity index (χ1v) is 9.86. The van der Waals surface area contributed by atoms with Gasteiger partial charge in [-0.15, -0.1) is 0 Å². The van der Waals surface area contributed by atoms with Crippen molar-refractivity contribution in [3.8, 4) is 0 Å². The fourth-order valence-electron chi connectivity index (χ4n) is 3.03. The van der Waals surface area contributed by atoms with Crippen LogP contribution in [0.15, 0.2) is 18.5 Å². The lowest BCUT2D eigenvalue weighted by molar-refractivity contribution is 0.327. The molecule has 2 aromatic heterocycles. The van der Waals surface area contributed by atoms with Crippen molar-refractivity contribution in [1.29, 1.82) is 0 Å². The zero-order chi connectivity index (χ0) is 16.4. The molecular formula is C15H25ClN4O2S. The van der Waals surface area contributed by atoms with E-state index in [0.29, 0.717) is 24.5 Å². The molecule has 0 aliphatic carbocycles. The first-order valence-electron chi connectivity index (χ1n) is 7.87. The molecule has 0 bridgehead atoms. The summed E-state index contributed by atoms with van der Waals surface area (Å²) in [4.78, 5) is 7.30. The number of aromatic nitrogens is 2. The quantitative estimate of drug-likeness (QED) is 0.857. The maximum atomic E-state index is 12.3. The van der Waals surface area contributed by atoms with Crippen LogP contribution >= 0.6 is 11.6 Å². The molecule has 2 N–H and O–H groups in total. The number of anilines is 1. The second kappa shape index (κ2) is 6.67. The van der Waals surface area contributed by atoms with Crippen molar-refractivity contribution in [1.82, 2.24) is 14.3 Å². The van der Waals surface area contributed by atoms with E-state index < -0.39 is 10.0 Å². The Morgan fingerprint density at radius 1 is 1.57 bits per heavy atom. The molecule has 3 heterocycles. The highest BCUT2D eigenvalue weighted by Crippen LogP contribution is 2.31. The first kappa shape index (κ1) is 16.5. The minimum absolute atomic E-state index is 0. The summed E-state index contributed by atoms with van der Waals surface area (Å²) >= 11 is 6.28. The Kier molecular flexibility index (Phi) is 4.79. The molecule has 1 fully saturated rings. The summed E-state index contributed by atoms with van der Waals surface area (Å²) in [6, 6.07) is 1.97. The number of piperidine rings is 1. The summed E-state index contributed by atoms with van der Waals surface area (Å²) in [6.45, 7) is 2.97. The van der Waals surface area contributed by atoms with Crippen molar-refractivity contribution in [2.45, 2.75) is 32.2 Å². The van der Waals surface area contributed by atoms with Gasteiger partial charge in [-0.3, -0.25) is 0 Å². The van der Waals surface area contributed by atoms with Crippen molar-refractivity contribution < 1.29 is 11.3 Å². The Morgan fingerprint density at radius 3 is 3.17 bits per heavy atom. The predicted octanol–water partition coefficient (Wildman–Crippen LogP) is 3.32. The summed E-state index contributed by atoms with van der Waals surface area (Å²) in [5, 5.41) is 4.89. The zero-order valence-corrected chi connectivity index (χ0v) is 14.6. The van der Waals surface area contributed by atoms with E-state index in [1.54, 1.807) is 10.5 Å². The molecule has 2 aromatic rings. The molecule has 1 aliphatic rings. The molecule has 0 amide bonds. The number of hydrogen-bond acceptors (Lipinski definition) is 4. The maximum Gasteiger partial charge on any atom is 0.214 e. The topological polar surface area (TPSA) is 78.1 Å². The Balaban J connectivity index is 0.00000156. The average Bonchev–Trinajstić information content (AvgIpc) is 2.99. The van der Waals surface area contributed by atoms with Crippen molar-refractivity contribution >= 4 is 38.3 Å². The number of nitrogens with one attached hydrogen (secondary N) is 2. The molecule has 0 aromatic carbocycles. The molecule has 0 saturated carbocycles. The van der Waals surface area contributed by atoms with E-state index in [-0.39, 0.29) is 14.6 Å². The van der Waals surface area contributed by atoms with Gasteiger partial charge in [-0.1, -0.05) is 18.5 Å². The standard InChI is InChI=1S/C15H21ClN4O2S.2H2/c1-2-8-23(21,22)20-7-3-4-11(10-20)19-14-12-5-6-17-15(12)18-9-13(14)16;;/h5-6,9,11H,2-4,7-8,10H2,1H3,(H2,17,18,19);2*1H.